The zero-order chi connectivity index (χ0) is 14.5. The molecule has 0 atom stereocenters. The molecule has 0 bridgehead atoms. The van der Waals surface area contributed by atoms with E-state index < -0.39 is 0 Å². The van der Waals surface area contributed by atoms with Crippen molar-refractivity contribution in [2.24, 2.45) is 5.41 Å². The monoisotopic (exact) mass is 283 g/mol. The summed E-state index contributed by atoms with van der Waals surface area (Å²) in [5.74, 6) is 0.934. The maximum Gasteiger partial charge on any atom is 0.202 e. The Bertz CT molecular complexity index is 377. The third kappa shape index (κ3) is 5.89. The van der Waals surface area contributed by atoms with Crippen LogP contribution in [0.3, 0.4) is 0 Å². The number of nitrogens with zero attached hydrogens (tertiary/aromatic N) is 2. The molecule has 0 aliphatic rings. The summed E-state index contributed by atoms with van der Waals surface area (Å²) in [6.07, 6.45) is 5.19. The van der Waals surface area contributed by atoms with Crippen LogP contribution in [0.15, 0.2) is 0 Å². The van der Waals surface area contributed by atoms with Gasteiger partial charge in [-0.05, 0) is 11.8 Å². The second kappa shape index (κ2) is 6.69. The van der Waals surface area contributed by atoms with Crippen LogP contribution in [0.1, 0.15) is 73.1 Å². The summed E-state index contributed by atoms with van der Waals surface area (Å²) in [5.41, 5.74) is 0.357. The molecule has 110 valence electrons. The van der Waals surface area contributed by atoms with Crippen LogP contribution in [-0.4, -0.2) is 15.9 Å². The van der Waals surface area contributed by atoms with Crippen LogP contribution in [0.2, 0.25) is 0 Å². The highest BCUT2D eigenvalue weighted by Gasteiger charge is 2.21. The average molecular weight is 283 g/mol. The first-order valence-corrected chi connectivity index (χ1v) is 8.10. The molecule has 0 aliphatic heterocycles. The Morgan fingerprint density at radius 1 is 1.11 bits per heavy atom. The van der Waals surface area contributed by atoms with Crippen LogP contribution >= 0.6 is 11.5 Å². The van der Waals surface area contributed by atoms with Gasteiger partial charge in [-0.3, -0.25) is 0 Å². The molecule has 1 aromatic rings. The number of anilines is 1. The molecule has 4 heteroatoms. The van der Waals surface area contributed by atoms with Gasteiger partial charge in [-0.25, -0.2) is 4.98 Å². The van der Waals surface area contributed by atoms with Gasteiger partial charge >= 0.3 is 0 Å². The fraction of sp³-hybridized carbons (Fsp3) is 0.867. The van der Waals surface area contributed by atoms with Crippen molar-refractivity contribution in [1.82, 2.24) is 9.36 Å². The van der Waals surface area contributed by atoms with Crippen LogP contribution < -0.4 is 5.32 Å². The molecule has 1 heterocycles. The van der Waals surface area contributed by atoms with Gasteiger partial charge in [0.25, 0.3) is 0 Å². The Hall–Kier alpha value is -0.640. The first-order valence-electron chi connectivity index (χ1n) is 7.33. The zero-order valence-electron chi connectivity index (χ0n) is 13.3. The van der Waals surface area contributed by atoms with E-state index in [1.807, 2.05) is 0 Å². The number of nitrogens with one attached hydrogen (secondary N) is 1. The maximum atomic E-state index is 4.58. The maximum absolute atomic E-state index is 4.58. The predicted octanol–water partition coefficient (Wildman–Crippen LogP) is 4.85. The molecule has 1 aromatic heterocycles. The summed E-state index contributed by atoms with van der Waals surface area (Å²) in [6, 6.07) is 0. The lowest BCUT2D eigenvalue weighted by Gasteiger charge is -2.24. The summed E-state index contributed by atoms with van der Waals surface area (Å²) < 4.78 is 4.43. The molecule has 0 fully saturated rings. The second-order valence-corrected chi connectivity index (χ2v) is 7.90. The normalized spacial score (nSPS) is 12.7. The van der Waals surface area contributed by atoms with E-state index in [0.29, 0.717) is 5.41 Å². The van der Waals surface area contributed by atoms with Crippen molar-refractivity contribution in [2.75, 3.05) is 11.9 Å². The quantitative estimate of drug-likeness (QED) is 0.727. The molecule has 0 saturated carbocycles. The molecule has 0 aliphatic carbocycles. The van der Waals surface area contributed by atoms with Crippen molar-refractivity contribution < 1.29 is 0 Å². The molecule has 1 N–H and O–H groups in total. The molecule has 1 rings (SSSR count). The Balaban J connectivity index is 2.45. The van der Waals surface area contributed by atoms with Crippen LogP contribution in [-0.2, 0) is 5.41 Å². The molecule has 0 unspecified atom stereocenters. The summed E-state index contributed by atoms with van der Waals surface area (Å²) >= 11 is 1.47. The Morgan fingerprint density at radius 3 is 2.32 bits per heavy atom. The Morgan fingerprint density at radius 2 is 1.79 bits per heavy atom. The highest BCUT2D eigenvalue weighted by molar-refractivity contribution is 7.09. The van der Waals surface area contributed by atoms with Gasteiger partial charge in [0.15, 0.2) is 0 Å². The van der Waals surface area contributed by atoms with Crippen molar-refractivity contribution in [3.05, 3.63) is 5.82 Å². The van der Waals surface area contributed by atoms with Crippen LogP contribution in [0, 0.1) is 5.41 Å². The number of rotatable bonds is 7. The SMILES string of the molecule is CCCCCC(C)(C)CNc1nc(C(C)(C)C)ns1. The number of unbranched alkanes of at least 4 members (excludes halogenated alkanes) is 2. The fourth-order valence-corrected chi connectivity index (χ4v) is 2.61. The molecule has 19 heavy (non-hydrogen) atoms. The topological polar surface area (TPSA) is 37.8 Å². The smallest absolute Gasteiger partial charge is 0.202 e. The molecule has 0 amide bonds. The van der Waals surface area contributed by atoms with Gasteiger partial charge in [0, 0.05) is 23.5 Å². The van der Waals surface area contributed by atoms with Crippen molar-refractivity contribution in [1.29, 1.82) is 0 Å². The molecule has 0 radical (unpaired) electrons. The van der Waals surface area contributed by atoms with Crippen LogP contribution in [0.5, 0.6) is 0 Å². The zero-order valence-corrected chi connectivity index (χ0v) is 14.2. The first-order chi connectivity index (χ1) is 8.74. The summed E-state index contributed by atoms with van der Waals surface area (Å²) in [5, 5.41) is 4.40. The van der Waals surface area contributed by atoms with E-state index in [4.69, 9.17) is 0 Å². The third-order valence-electron chi connectivity index (χ3n) is 3.27. The van der Waals surface area contributed by atoms with Crippen molar-refractivity contribution >= 4 is 16.7 Å². The minimum absolute atomic E-state index is 0.0348. The average Bonchev–Trinajstić information content (AvgIpc) is 2.75. The van der Waals surface area contributed by atoms with E-state index in [-0.39, 0.29) is 5.41 Å². The largest absolute Gasteiger partial charge is 0.360 e. The Labute approximate surface area is 122 Å². The van der Waals surface area contributed by atoms with Crippen molar-refractivity contribution in [2.45, 2.75) is 72.6 Å². The van der Waals surface area contributed by atoms with E-state index in [2.05, 4.69) is 56.2 Å². The van der Waals surface area contributed by atoms with E-state index >= 15 is 0 Å². The number of aromatic nitrogens is 2. The van der Waals surface area contributed by atoms with Gasteiger partial charge in [-0.15, -0.1) is 0 Å². The Kier molecular flexibility index (Phi) is 5.78. The minimum Gasteiger partial charge on any atom is -0.360 e. The lowest BCUT2D eigenvalue weighted by molar-refractivity contribution is 0.342. The van der Waals surface area contributed by atoms with Crippen molar-refractivity contribution in [3.8, 4) is 0 Å². The predicted molar refractivity (Wildman–Crippen MR) is 85.0 cm³/mol. The third-order valence-corrected chi connectivity index (χ3v) is 3.94. The molecule has 0 aromatic carbocycles. The van der Waals surface area contributed by atoms with Crippen molar-refractivity contribution in [3.63, 3.8) is 0 Å². The first kappa shape index (κ1) is 16.4. The van der Waals surface area contributed by atoms with Gasteiger partial charge in [-0.2, -0.15) is 4.37 Å². The second-order valence-electron chi connectivity index (χ2n) is 7.15. The summed E-state index contributed by atoms with van der Waals surface area (Å²) in [6.45, 7) is 14.3. The van der Waals surface area contributed by atoms with E-state index in [1.54, 1.807) is 0 Å². The van der Waals surface area contributed by atoms with Gasteiger partial charge in [0.05, 0.1) is 0 Å². The molecule has 0 spiro atoms. The van der Waals surface area contributed by atoms with Gasteiger partial charge in [0.1, 0.15) is 5.82 Å². The molecular formula is C15H29N3S. The van der Waals surface area contributed by atoms with E-state index in [0.717, 1.165) is 17.5 Å². The highest BCUT2D eigenvalue weighted by atomic mass is 32.1. The molecular weight excluding hydrogens is 254 g/mol. The lowest BCUT2D eigenvalue weighted by Crippen LogP contribution is -2.23. The summed E-state index contributed by atoms with van der Waals surface area (Å²) in [4.78, 5) is 4.58. The van der Waals surface area contributed by atoms with Gasteiger partial charge < -0.3 is 5.32 Å². The van der Waals surface area contributed by atoms with Crippen LogP contribution in [0.25, 0.3) is 0 Å². The minimum atomic E-state index is 0.0348. The standard InChI is InChI=1S/C15H29N3S/c1-7-8-9-10-15(5,6)11-16-13-17-12(18-19-13)14(2,3)4/h7-11H2,1-6H3,(H,16,17,18). The van der Waals surface area contributed by atoms with E-state index in [9.17, 15) is 0 Å². The van der Waals surface area contributed by atoms with Gasteiger partial charge in [0.2, 0.25) is 5.13 Å². The van der Waals surface area contributed by atoms with Gasteiger partial charge in [-0.1, -0.05) is 60.8 Å². The fourth-order valence-electron chi connectivity index (χ4n) is 1.86. The lowest BCUT2D eigenvalue weighted by atomic mass is 9.87. The summed E-state index contributed by atoms with van der Waals surface area (Å²) in [7, 11) is 0. The number of hydrogen-bond acceptors (Lipinski definition) is 4. The number of hydrogen-bond donors (Lipinski definition) is 1. The van der Waals surface area contributed by atoms with E-state index in [1.165, 1.54) is 37.2 Å². The molecule has 3 nitrogen and oxygen atoms in total. The highest BCUT2D eigenvalue weighted by Crippen LogP contribution is 2.26. The van der Waals surface area contributed by atoms with Crippen LogP contribution in [0.4, 0.5) is 5.13 Å². The molecule has 0 saturated heterocycles.